The second-order valence-corrected chi connectivity index (χ2v) is 1.48. The third-order valence-corrected chi connectivity index (χ3v) is 0.888. The quantitative estimate of drug-likeness (QED) is 0.436. The molecule has 0 amide bonds. The van der Waals surface area contributed by atoms with Crippen LogP contribution in [0.3, 0.4) is 0 Å². The molecule has 5 nitrogen and oxygen atoms in total. The molecule has 1 heterocycles. The number of hydrogen-bond acceptors (Lipinski definition) is 3. The predicted octanol–water partition coefficient (Wildman–Crippen LogP) is -1.63. The Morgan fingerprint density at radius 1 is 1.70 bits per heavy atom. The number of rotatable bonds is 0. The molecule has 0 radical (unpaired) electrons. The van der Waals surface area contributed by atoms with Gasteiger partial charge in [-0.2, -0.15) is 9.67 Å². The minimum atomic E-state index is -0.699. The SMILES string of the molecule is C#Cn1c(=O)cn[nH]c1=O. The van der Waals surface area contributed by atoms with E-state index in [2.05, 4.69) is 5.10 Å². The van der Waals surface area contributed by atoms with E-state index in [0.29, 0.717) is 4.57 Å². The smallest absolute Gasteiger partial charge is 0.266 e. The van der Waals surface area contributed by atoms with Crippen LogP contribution in [-0.2, 0) is 0 Å². The summed E-state index contributed by atoms with van der Waals surface area (Å²) in [5.41, 5.74) is -1.30. The summed E-state index contributed by atoms with van der Waals surface area (Å²) >= 11 is 0. The van der Waals surface area contributed by atoms with Crippen molar-refractivity contribution in [1.82, 2.24) is 14.8 Å². The van der Waals surface area contributed by atoms with Crippen LogP contribution in [0, 0.1) is 12.5 Å². The van der Waals surface area contributed by atoms with Crippen molar-refractivity contribution in [3.63, 3.8) is 0 Å². The van der Waals surface area contributed by atoms with Crippen LogP contribution >= 0.6 is 0 Å². The van der Waals surface area contributed by atoms with Crippen molar-refractivity contribution in [1.29, 1.82) is 0 Å². The molecule has 0 aliphatic carbocycles. The Kier molecular flexibility index (Phi) is 1.38. The van der Waals surface area contributed by atoms with Crippen molar-refractivity contribution in [3.8, 4) is 12.5 Å². The topological polar surface area (TPSA) is 67.8 Å². The fourth-order valence-electron chi connectivity index (χ4n) is 0.473. The lowest BCUT2D eigenvalue weighted by Gasteiger charge is -1.87. The van der Waals surface area contributed by atoms with Gasteiger partial charge in [-0.1, -0.05) is 6.42 Å². The molecule has 0 aromatic carbocycles. The molecule has 5 heteroatoms. The number of terminal acetylenes is 1. The Hall–Kier alpha value is -1.83. The molecule has 0 fully saturated rings. The van der Waals surface area contributed by atoms with Gasteiger partial charge < -0.3 is 0 Å². The summed E-state index contributed by atoms with van der Waals surface area (Å²) in [5, 5.41) is 5.23. The van der Waals surface area contributed by atoms with Gasteiger partial charge in [-0.3, -0.25) is 4.79 Å². The highest BCUT2D eigenvalue weighted by Gasteiger charge is 1.93. The lowest BCUT2D eigenvalue weighted by Crippen LogP contribution is -2.32. The molecule has 1 rings (SSSR count). The normalized spacial score (nSPS) is 8.70. The van der Waals surface area contributed by atoms with Crippen molar-refractivity contribution in [2.75, 3.05) is 0 Å². The van der Waals surface area contributed by atoms with Gasteiger partial charge in [0.15, 0.2) is 0 Å². The zero-order valence-corrected chi connectivity index (χ0v) is 4.87. The minimum Gasteiger partial charge on any atom is -0.266 e. The number of nitrogens with zero attached hydrogens (tertiary/aromatic N) is 2. The van der Waals surface area contributed by atoms with Crippen LogP contribution in [-0.4, -0.2) is 14.8 Å². The van der Waals surface area contributed by atoms with Crippen LogP contribution in [0.15, 0.2) is 15.8 Å². The fraction of sp³-hybridized carbons (Fsp3) is 0. The summed E-state index contributed by atoms with van der Waals surface area (Å²) in [4.78, 5) is 21.2. The Bertz CT molecular complexity index is 353. The van der Waals surface area contributed by atoms with Gasteiger partial charge in [-0.05, 0) is 0 Å². The molecular formula is C5H3N3O2. The first-order valence-electron chi connectivity index (χ1n) is 2.39. The van der Waals surface area contributed by atoms with Crippen LogP contribution < -0.4 is 11.2 Å². The second kappa shape index (κ2) is 2.19. The average molecular weight is 137 g/mol. The highest BCUT2D eigenvalue weighted by molar-refractivity contribution is 4.92. The fourth-order valence-corrected chi connectivity index (χ4v) is 0.473. The summed E-state index contributed by atoms with van der Waals surface area (Å²) in [5.74, 6) is 0. The summed E-state index contributed by atoms with van der Waals surface area (Å²) in [6, 6.07) is 1.88. The van der Waals surface area contributed by atoms with Gasteiger partial charge in [0.05, 0.1) is 0 Å². The van der Waals surface area contributed by atoms with E-state index in [1.54, 1.807) is 0 Å². The molecule has 1 N–H and O–H groups in total. The maximum absolute atomic E-state index is 10.6. The molecule has 0 unspecified atom stereocenters. The average Bonchev–Trinajstić information content (AvgIpc) is 1.88. The van der Waals surface area contributed by atoms with Gasteiger partial charge in [0.2, 0.25) is 0 Å². The summed E-state index contributed by atoms with van der Waals surface area (Å²) in [6.07, 6.45) is 5.75. The van der Waals surface area contributed by atoms with Crippen molar-refractivity contribution < 1.29 is 0 Å². The Morgan fingerprint density at radius 3 is 2.80 bits per heavy atom. The van der Waals surface area contributed by atoms with Gasteiger partial charge in [0.25, 0.3) is 5.56 Å². The van der Waals surface area contributed by atoms with E-state index in [-0.39, 0.29) is 0 Å². The van der Waals surface area contributed by atoms with E-state index in [9.17, 15) is 9.59 Å². The molecule has 50 valence electrons. The van der Waals surface area contributed by atoms with Crippen molar-refractivity contribution in [2.24, 2.45) is 0 Å². The zero-order chi connectivity index (χ0) is 7.56. The highest BCUT2D eigenvalue weighted by Crippen LogP contribution is 1.54. The van der Waals surface area contributed by atoms with E-state index in [4.69, 9.17) is 6.42 Å². The van der Waals surface area contributed by atoms with E-state index in [1.165, 1.54) is 0 Å². The molecule has 10 heavy (non-hydrogen) atoms. The van der Waals surface area contributed by atoms with Crippen molar-refractivity contribution >= 4 is 0 Å². The molecule has 0 saturated carbocycles. The first-order chi connectivity index (χ1) is 4.75. The lowest BCUT2D eigenvalue weighted by atomic mass is 10.8. The summed E-state index contributed by atoms with van der Waals surface area (Å²) < 4.78 is 0.590. The molecule has 0 aliphatic rings. The summed E-state index contributed by atoms with van der Waals surface area (Å²) in [7, 11) is 0. The Balaban J connectivity index is 3.67. The van der Waals surface area contributed by atoms with Crippen LogP contribution in [0.1, 0.15) is 0 Å². The number of aromatic amines is 1. The standard InChI is InChI=1S/C5H3N3O2/c1-2-8-4(9)3-6-7-5(8)10/h1,3H,(H,7,10). The molecule has 1 aromatic heterocycles. The molecule has 0 spiro atoms. The predicted molar refractivity (Wildman–Crippen MR) is 33.3 cm³/mol. The van der Waals surface area contributed by atoms with E-state index in [0.717, 1.165) is 6.20 Å². The molecule has 1 aromatic rings. The van der Waals surface area contributed by atoms with Crippen LogP contribution in [0.4, 0.5) is 0 Å². The number of aromatic nitrogens is 3. The maximum atomic E-state index is 10.6. The highest BCUT2D eigenvalue weighted by atomic mass is 16.2. The third kappa shape index (κ3) is 0.821. The van der Waals surface area contributed by atoms with Crippen molar-refractivity contribution in [2.45, 2.75) is 0 Å². The molecule has 0 atom stereocenters. The molecule has 0 saturated heterocycles. The zero-order valence-electron chi connectivity index (χ0n) is 4.87. The lowest BCUT2D eigenvalue weighted by molar-refractivity contribution is 0.816. The largest absolute Gasteiger partial charge is 0.356 e. The van der Waals surface area contributed by atoms with Gasteiger partial charge >= 0.3 is 5.69 Å². The van der Waals surface area contributed by atoms with E-state index < -0.39 is 11.2 Å². The van der Waals surface area contributed by atoms with Crippen molar-refractivity contribution in [3.05, 3.63) is 27.0 Å². The van der Waals surface area contributed by atoms with Crippen LogP contribution in [0.25, 0.3) is 0 Å². The minimum absolute atomic E-state index is 0.590. The molecule has 0 bridgehead atoms. The van der Waals surface area contributed by atoms with Crippen LogP contribution in [0.2, 0.25) is 0 Å². The number of H-pyrrole nitrogens is 1. The summed E-state index contributed by atoms with van der Waals surface area (Å²) in [6.45, 7) is 0. The molecule has 0 aliphatic heterocycles. The first kappa shape index (κ1) is 6.29. The van der Waals surface area contributed by atoms with Gasteiger partial charge in [0, 0.05) is 6.04 Å². The second-order valence-electron chi connectivity index (χ2n) is 1.48. The van der Waals surface area contributed by atoms with Gasteiger partial charge in [-0.15, -0.1) is 0 Å². The van der Waals surface area contributed by atoms with Crippen LogP contribution in [0.5, 0.6) is 0 Å². The Labute approximate surface area is 55.3 Å². The third-order valence-electron chi connectivity index (χ3n) is 0.888. The van der Waals surface area contributed by atoms with Gasteiger partial charge in [0.1, 0.15) is 6.20 Å². The van der Waals surface area contributed by atoms with Gasteiger partial charge in [-0.25, -0.2) is 9.89 Å². The van der Waals surface area contributed by atoms with E-state index in [1.807, 2.05) is 11.1 Å². The molecular weight excluding hydrogens is 134 g/mol. The Morgan fingerprint density at radius 2 is 2.40 bits per heavy atom. The monoisotopic (exact) mass is 137 g/mol. The number of hydrogen-bond donors (Lipinski definition) is 1. The number of nitrogens with one attached hydrogen (secondary N) is 1. The maximum Gasteiger partial charge on any atom is 0.356 e. The van der Waals surface area contributed by atoms with E-state index >= 15 is 0 Å². The first-order valence-corrected chi connectivity index (χ1v) is 2.39.